The van der Waals surface area contributed by atoms with Crippen molar-refractivity contribution in [2.45, 2.75) is 9.79 Å². The molecule has 72 heavy (non-hydrogen) atoms. The summed E-state index contributed by atoms with van der Waals surface area (Å²) in [6.07, 6.45) is 0. The summed E-state index contributed by atoms with van der Waals surface area (Å²) in [5.74, 6) is 1.16. The molecule has 0 saturated carbocycles. The molecule has 3 nitrogen and oxygen atoms in total. The van der Waals surface area contributed by atoms with Gasteiger partial charge in [0.2, 0.25) is 0 Å². The average molecular weight is 938 g/mol. The van der Waals surface area contributed by atoms with Crippen LogP contribution in [0, 0.1) is 0 Å². The van der Waals surface area contributed by atoms with Crippen LogP contribution in [0.25, 0.3) is 72.2 Å². The maximum atomic E-state index is 2.45. The zero-order valence-electron chi connectivity index (χ0n) is 39.4. The van der Waals surface area contributed by atoms with Crippen molar-refractivity contribution < 1.29 is 0 Å². The lowest BCUT2D eigenvalue weighted by molar-refractivity contribution is 1.03. The summed E-state index contributed by atoms with van der Waals surface area (Å²) in [7, 11) is 0. The second-order valence-electron chi connectivity index (χ2n) is 18.1. The molecule has 12 aromatic rings. The van der Waals surface area contributed by atoms with Crippen molar-refractivity contribution in [2.75, 3.05) is 9.80 Å². The SMILES string of the molecule is c1ccc(-c2ccc(N(c3ccc(-c4ccc(-c5cccc6c5Sc5c(n(-c7ccccc7)c7ccccc57)N6c5ccccc5)cc4)cc3)c3ccc(-c4ccccc4-c4ccccc4)cc3)cc2)cc1. The number of benzene rings is 11. The van der Waals surface area contributed by atoms with E-state index in [9.17, 15) is 0 Å². The number of rotatable bonds is 10. The summed E-state index contributed by atoms with van der Waals surface area (Å²) >= 11 is 1.88. The Labute approximate surface area is 425 Å². The Kier molecular flexibility index (Phi) is 11.1. The third kappa shape index (κ3) is 7.85. The van der Waals surface area contributed by atoms with Crippen molar-refractivity contribution in [3.8, 4) is 61.3 Å². The Balaban J connectivity index is 0.841. The zero-order valence-corrected chi connectivity index (χ0v) is 40.2. The topological polar surface area (TPSA) is 11.4 Å². The van der Waals surface area contributed by atoms with E-state index in [0.717, 1.165) is 39.8 Å². The van der Waals surface area contributed by atoms with Crippen molar-refractivity contribution >= 4 is 56.9 Å². The molecule has 0 saturated heterocycles. The average Bonchev–Trinajstić information content (AvgIpc) is 3.79. The minimum atomic E-state index is 1.09. The fraction of sp³-hybridized carbons (Fsp3) is 0. The number of anilines is 6. The molecule has 0 unspecified atom stereocenters. The molecule has 0 spiro atoms. The van der Waals surface area contributed by atoms with Gasteiger partial charge in [0.15, 0.2) is 0 Å². The van der Waals surface area contributed by atoms with Crippen LogP contribution < -0.4 is 9.80 Å². The molecular formula is C68H47N3S. The molecule has 1 aromatic heterocycles. The number of para-hydroxylation sites is 3. The van der Waals surface area contributed by atoms with Gasteiger partial charge < -0.3 is 4.90 Å². The van der Waals surface area contributed by atoms with Gasteiger partial charge in [-0.25, -0.2) is 0 Å². The number of hydrogen-bond acceptors (Lipinski definition) is 3. The maximum absolute atomic E-state index is 2.45. The highest BCUT2D eigenvalue weighted by Crippen LogP contribution is 2.58. The minimum Gasteiger partial charge on any atom is -0.311 e. The number of aromatic nitrogens is 1. The molecule has 0 atom stereocenters. The first-order chi connectivity index (χ1) is 35.7. The molecule has 0 N–H and O–H groups in total. The molecule has 4 heteroatoms. The zero-order chi connectivity index (χ0) is 47.8. The highest BCUT2D eigenvalue weighted by atomic mass is 32.2. The molecule has 1 aliphatic heterocycles. The lowest BCUT2D eigenvalue weighted by Gasteiger charge is -2.34. The smallest absolute Gasteiger partial charge is 0.137 e. The summed E-state index contributed by atoms with van der Waals surface area (Å²) in [4.78, 5) is 7.30. The summed E-state index contributed by atoms with van der Waals surface area (Å²) in [5.41, 5.74) is 19.8. The summed E-state index contributed by atoms with van der Waals surface area (Å²) in [6, 6.07) is 103. The Bertz CT molecular complexity index is 3830. The Hall–Kier alpha value is -9.09. The van der Waals surface area contributed by atoms with Crippen LogP contribution in [0.3, 0.4) is 0 Å². The van der Waals surface area contributed by atoms with Crippen LogP contribution in [-0.2, 0) is 0 Å². The normalized spacial score (nSPS) is 11.8. The molecule has 340 valence electrons. The van der Waals surface area contributed by atoms with Crippen LogP contribution in [0.1, 0.15) is 0 Å². The first-order valence-corrected chi connectivity index (χ1v) is 25.3. The highest BCUT2D eigenvalue weighted by Gasteiger charge is 2.33. The molecule has 0 amide bonds. The summed E-state index contributed by atoms with van der Waals surface area (Å²) in [5, 5.41) is 1.24. The second kappa shape index (κ2) is 18.7. The van der Waals surface area contributed by atoms with Gasteiger partial charge in [0, 0.05) is 38.7 Å². The van der Waals surface area contributed by atoms with Crippen LogP contribution in [0.5, 0.6) is 0 Å². The highest BCUT2D eigenvalue weighted by molar-refractivity contribution is 8.00. The van der Waals surface area contributed by atoms with Crippen LogP contribution >= 0.6 is 11.8 Å². The van der Waals surface area contributed by atoms with Gasteiger partial charge in [-0.2, -0.15) is 0 Å². The number of hydrogen-bond donors (Lipinski definition) is 0. The van der Waals surface area contributed by atoms with E-state index in [-0.39, 0.29) is 0 Å². The minimum absolute atomic E-state index is 1.09. The van der Waals surface area contributed by atoms with E-state index in [1.54, 1.807) is 0 Å². The first-order valence-electron chi connectivity index (χ1n) is 24.5. The van der Waals surface area contributed by atoms with Gasteiger partial charge in [0.1, 0.15) is 5.82 Å². The van der Waals surface area contributed by atoms with E-state index >= 15 is 0 Å². The van der Waals surface area contributed by atoms with Gasteiger partial charge in [0.25, 0.3) is 0 Å². The molecular weight excluding hydrogens is 891 g/mol. The van der Waals surface area contributed by atoms with E-state index in [2.05, 4.69) is 299 Å². The predicted octanol–water partition coefficient (Wildman–Crippen LogP) is 19.4. The largest absolute Gasteiger partial charge is 0.311 e. The third-order valence-electron chi connectivity index (χ3n) is 13.8. The van der Waals surface area contributed by atoms with Gasteiger partial charge in [-0.3, -0.25) is 9.47 Å². The van der Waals surface area contributed by atoms with Crippen LogP contribution in [0.15, 0.2) is 295 Å². The van der Waals surface area contributed by atoms with Crippen molar-refractivity contribution in [1.82, 2.24) is 4.57 Å². The number of fused-ring (bicyclic) bond motifs is 4. The number of nitrogens with zero attached hydrogens (tertiary/aromatic N) is 3. The summed E-state index contributed by atoms with van der Waals surface area (Å²) < 4.78 is 2.42. The third-order valence-corrected chi connectivity index (χ3v) is 15.1. The maximum Gasteiger partial charge on any atom is 0.137 e. The van der Waals surface area contributed by atoms with Crippen LogP contribution in [0.2, 0.25) is 0 Å². The predicted molar refractivity (Wildman–Crippen MR) is 304 cm³/mol. The Morgan fingerprint density at radius 1 is 0.278 bits per heavy atom. The molecule has 0 fully saturated rings. The van der Waals surface area contributed by atoms with E-state index < -0.39 is 0 Å². The molecule has 2 heterocycles. The van der Waals surface area contributed by atoms with Crippen molar-refractivity contribution in [2.24, 2.45) is 0 Å². The van der Waals surface area contributed by atoms with Gasteiger partial charge in [0.05, 0.1) is 16.1 Å². The molecule has 13 rings (SSSR count). The fourth-order valence-electron chi connectivity index (χ4n) is 10.3. The summed E-state index contributed by atoms with van der Waals surface area (Å²) in [6.45, 7) is 0. The van der Waals surface area contributed by atoms with Gasteiger partial charge in [-0.1, -0.05) is 224 Å². The molecule has 0 radical (unpaired) electrons. The van der Waals surface area contributed by atoms with Gasteiger partial charge in [-0.05, 0) is 128 Å². The lowest BCUT2D eigenvalue weighted by atomic mass is 9.94. The van der Waals surface area contributed by atoms with E-state index in [0.29, 0.717) is 0 Å². The van der Waals surface area contributed by atoms with Gasteiger partial charge >= 0.3 is 0 Å². The van der Waals surface area contributed by atoms with E-state index in [1.807, 2.05) is 11.8 Å². The van der Waals surface area contributed by atoms with Crippen molar-refractivity contribution in [3.05, 3.63) is 285 Å². The van der Waals surface area contributed by atoms with E-state index in [1.165, 1.54) is 76.5 Å². The quantitative estimate of drug-likeness (QED) is 0.135. The van der Waals surface area contributed by atoms with Gasteiger partial charge in [-0.15, -0.1) is 0 Å². The second-order valence-corrected chi connectivity index (χ2v) is 19.1. The molecule has 11 aromatic carbocycles. The van der Waals surface area contributed by atoms with Crippen molar-refractivity contribution in [3.63, 3.8) is 0 Å². The molecule has 0 aliphatic carbocycles. The standard InChI is InChI=1S/C68H47N3S/c1-5-18-48(19-6-1)50-36-42-57(43-37-50)69(59-46-40-53(41-47-59)61-27-14-13-26-60(61)52-20-7-2-8-21-52)58-44-38-51(39-45-58)49-32-34-54(35-33-49)62-29-17-31-65-66(62)72-67-63-28-15-16-30-64(63)70(55-22-9-3-10-23-55)68(67)71(65)56-24-11-4-12-25-56/h1-47H. The molecule has 0 bridgehead atoms. The van der Waals surface area contributed by atoms with Crippen LogP contribution in [0.4, 0.5) is 34.3 Å². The molecule has 1 aliphatic rings. The first kappa shape index (κ1) is 43.0. The Morgan fingerprint density at radius 3 is 1.24 bits per heavy atom. The van der Waals surface area contributed by atoms with Crippen LogP contribution in [-0.4, -0.2) is 4.57 Å². The monoisotopic (exact) mass is 937 g/mol. The fourth-order valence-corrected chi connectivity index (χ4v) is 11.7. The Morgan fingerprint density at radius 2 is 0.667 bits per heavy atom. The van der Waals surface area contributed by atoms with E-state index in [4.69, 9.17) is 0 Å². The lowest BCUT2D eigenvalue weighted by Crippen LogP contribution is -2.18. The van der Waals surface area contributed by atoms with Crippen molar-refractivity contribution in [1.29, 1.82) is 0 Å².